The fourth-order valence-electron chi connectivity index (χ4n) is 3.05. The van der Waals surface area contributed by atoms with Gasteiger partial charge in [0.25, 0.3) is 5.91 Å². The SMILES string of the molecule is CCC(Oc1ccc2c(c1)CCCC2)C(=O)Nc1ccccc1F. The van der Waals surface area contributed by atoms with Gasteiger partial charge in [0.05, 0.1) is 5.69 Å². The number of hydrogen-bond acceptors (Lipinski definition) is 2. The van der Waals surface area contributed by atoms with Crippen LogP contribution in [0.15, 0.2) is 42.5 Å². The third-order valence-corrected chi connectivity index (χ3v) is 4.39. The Balaban J connectivity index is 1.70. The summed E-state index contributed by atoms with van der Waals surface area (Å²) in [6.07, 6.45) is 4.46. The zero-order chi connectivity index (χ0) is 16.9. The highest BCUT2D eigenvalue weighted by atomic mass is 19.1. The maximum Gasteiger partial charge on any atom is 0.265 e. The summed E-state index contributed by atoms with van der Waals surface area (Å²) in [7, 11) is 0. The van der Waals surface area contributed by atoms with Gasteiger partial charge >= 0.3 is 0 Å². The van der Waals surface area contributed by atoms with Gasteiger partial charge in [-0.3, -0.25) is 4.79 Å². The molecule has 24 heavy (non-hydrogen) atoms. The molecule has 4 heteroatoms. The Morgan fingerprint density at radius 2 is 1.92 bits per heavy atom. The van der Waals surface area contributed by atoms with Crippen molar-refractivity contribution in [2.45, 2.75) is 45.1 Å². The molecule has 0 fully saturated rings. The van der Waals surface area contributed by atoms with E-state index in [2.05, 4.69) is 11.4 Å². The van der Waals surface area contributed by atoms with Crippen LogP contribution in [0.5, 0.6) is 5.75 Å². The molecule has 0 saturated carbocycles. The minimum atomic E-state index is -0.647. The summed E-state index contributed by atoms with van der Waals surface area (Å²) in [6.45, 7) is 1.88. The minimum Gasteiger partial charge on any atom is -0.481 e. The molecule has 1 aliphatic rings. The number of carbonyl (C=O) groups excluding carboxylic acids is 1. The number of anilines is 1. The molecule has 2 aromatic rings. The van der Waals surface area contributed by atoms with E-state index < -0.39 is 11.9 Å². The fraction of sp³-hybridized carbons (Fsp3) is 0.350. The van der Waals surface area contributed by atoms with Crippen molar-refractivity contribution < 1.29 is 13.9 Å². The van der Waals surface area contributed by atoms with E-state index in [1.165, 1.54) is 30.0 Å². The largest absolute Gasteiger partial charge is 0.481 e. The van der Waals surface area contributed by atoms with Crippen LogP contribution < -0.4 is 10.1 Å². The Hall–Kier alpha value is -2.36. The maximum absolute atomic E-state index is 13.7. The van der Waals surface area contributed by atoms with Gasteiger partial charge in [-0.25, -0.2) is 4.39 Å². The molecule has 0 aromatic heterocycles. The molecule has 1 N–H and O–H groups in total. The van der Waals surface area contributed by atoms with Gasteiger partial charge in [0, 0.05) is 0 Å². The number of carbonyl (C=O) groups is 1. The van der Waals surface area contributed by atoms with Crippen molar-refractivity contribution in [2.24, 2.45) is 0 Å². The summed E-state index contributed by atoms with van der Waals surface area (Å²) < 4.78 is 19.5. The van der Waals surface area contributed by atoms with Crippen molar-refractivity contribution in [3.05, 3.63) is 59.4 Å². The fourth-order valence-corrected chi connectivity index (χ4v) is 3.05. The lowest BCUT2D eigenvalue weighted by Gasteiger charge is -2.20. The summed E-state index contributed by atoms with van der Waals surface area (Å²) in [6, 6.07) is 12.2. The molecule has 0 bridgehead atoms. The Bertz CT molecular complexity index is 729. The van der Waals surface area contributed by atoms with Crippen LogP contribution in [-0.2, 0) is 17.6 Å². The van der Waals surface area contributed by atoms with Crippen molar-refractivity contribution in [1.82, 2.24) is 0 Å². The summed E-state index contributed by atoms with van der Waals surface area (Å²) in [5.41, 5.74) is 2.86. The third kappa shape index (κ3) is 3.75. The lowest BCUT2D eigenvalue weighted by Crippen LogP contribution is -2.32. The predicted molar refractivity (Wildman–Crippen MR) is 92.8 cm³/mol. The van der Waals surface area contributed by atoms with Crippen LogP contribution in [0.25, 0.3) is 0 Å². The second-order valence-corrected chi connectivity index (χ2v) is 6.12. The van der Waals surface area contributed by atoms with E-state index in [0.29, 0.717) is 12.2 Å². The summed E-state index contributed by atoms with van der Waals surface area (Å²) in [5, 5.41) is 2.60. The third-order valence-electron chi connectivity index (χ3n) is 4.39. The number of nitrogens with one attached hydrogen (secondary N) is 1. The van der Waals surface area contributed by atoms with Gasteiger partial charge in [-0.15, -0.1) is 0 Å². The second-order valence-electron chi connectivity index (χ2n) is 6.12. The first-order chi connectivity index (χ1) is 11.7. The molecule has 0 spiro atoms. The van der Waals surface area contributed by atoms with Gasteiger partial charge in [0.1, 0.15) is 11.6 Å². The van der Waals surface area contributed by atoms with Crippen LogP contribution in [0.2, 0.25) is 0 Å². The molecule has 2 aromatic carbocycles. The Morgan fingerprint density at radius 1 is 1.17 bits per heavy atom. The number of ether oxygens (including phenoxy) is 1. The number of fused-ring (bicyclic) bond motifs is 1. The van der Waals surface area contributed by atoms with Crippen molar-refractivity contribution in [2.75, 3.05) is 5.32 Å². The molecule has 0 heterocycles. The molecule has 3 rings (SSSR count). The normalized spacial score (nSPS) is 14.6. The van der Waals surface area contributed by atoms with Crippen molar-refractivity contribution >= 4 is 11.6 Å². The number of aryl methyl sites for hydroxylation is 2. The van der Waals surface area contributed by atoms with Gasteiger partial charge in [-0.1, -0.05) is 25.1 Å². The monoisotopic (exact) mass is 327 g/mol. The molecule has 3 nitrogen and oxygen atoms in total. The van der Waals surface area contributed by atoms with Crippen LogP contribution in [0.1, 0.15) is 37.3 Å². The van der Waals surface area contributed by atoms with Gasteiger partial charge in [0.15, 0.2) is 6.10 Å². The van der Waals surface area contributed by atoms with Crippen LogP contribution in [0.3, 0.4) is 0 Å². The zero-order valence-corrected chi connectivity index (χ0v) is 13.8. The van der Waals surface area contributed by atoms with Crippen LogP contribution in [0, 0.1) is 5.82 Å². The number of halogens is 1. The molecule has 1 unspecified atom stereocenters. The van der Waals surface area contributed by atoms with E-state index in [9.17, 15) is 9.18 Å². The van der Waals surface area contributed by atoms with Gasteiger partial charge in [0.2, 0.25) is 0 Å². The molecule has 126 valence electrons. The first kappa shape index (κ1) is 16.5. The lowest BCUT2D eigenvalue weighted by atomic mass is 9.92. The molecule has 1 aliphatic carbocycles. The Kier molecular flexibility index (Phi) is 5.14. The second kappa shape index (κ2) is 7.47. The molecule has 0 saturated heterocycles. The number of benzene rings is 2. The van der Waals surface area contributed by atoms with Crippen molar-refractivity contribution in [1.29, 1.82) is 0 Å². The number of para-hydroxylation sites is 1. The standard InChI is InChI=1S/C20H22FNO2/c1-2-19(20(23)22-18-10-6-5-9-17(18)21)24-16-12-11-14-7-3-4-8-15(14)13-16/h5-6,9-13,19H,2-4,7-8H2,1H3,(H,22,23). The van der Waals surface area contributed by atoms with Gasteiger partial charge < -0.3 is 10.1 Å². The van der Waals surface area contributed by atoms with Gasteiger partial charge in [-0.05, 0) is 67.5 Å². The highest BCUT2D eigenvalue weighted by molar-refractivity contribution is 5.94. The van der Waals surface area contributed by atoms with E-state index >= 15 is 0 Å². The average Bonchev–Trinajstić information content (AvgIpc) is 2.61. The quantitative estimate of drug-likeness (QED) is 0.878. The molecule has 1 amide bonds. The molecular formula is C20H22FNO2. The van der Waals surface area contributed by atoms with E-state index in [-0.39, 0.29) is 11.6 Å². The lowest BCUT2D eigenvalue weighted by molar-refractivity contribution is -0.122. The maximum atomic E-state index is 13.7. The Morgan fingerprint density at radius 3 is 2.67 bits per heavy atom. The number of hydrogen-bond donors (Lipinski definition) is 1. The first-order valence-corrected chi connectivity index (χ1v) is 8.51. The number of rotatable bonds is 5. The molecule has 0 radical (unpaired) electrons. The highest BCUT2D eigenvalue weighted by Crippen LogP contribution is 2.26. The van der Waals surface area contributed by atoms with Crippen LogP contribution in [-0.4, -0.2) is 12.0 Å². The summed E-state index contributed by atoms with van der Waals surface area (Å²) in [4.78, 5) is 12.4. The van der Waals surface area contributed by atoms with Crippen molar-refractivity contribution in [3.63, 3.8) is 0 Å². The zero-order valence-electron chi connectivity index (χ0n) is 13.8. The topological polar surface area (TPSA) is 38.3 Å². The summed E-state index contributed by atoms with van der Waals surface area (Å²) in [5.74, 6) is -0.0824. The van der Waals surface area contributed by atoms with Crippen LogP contribution >= 0.6 is 0 Å². The average molecular weight is 327 g/mol. The smallest absolute Gasteiger partial charge is 0.265 e. The number of amides is 1. The van der Waals surface area contributed by atoms with E-state index in [1.54, 1.807) is 18.2 Å². The molecule has 1 atom stereocenters. The highest BCUT2D eigenvalue weighted by Gasteiger charge is 2.20. The molecular weight excluding hydrogens is 305 g/mol. The molecule has 0 aliphatic heterocycles. The van der Waals surface area contributed by atoms with Gasteiger partial charge in [-0.2, -0.15) is 0 Å². The van der Waals surface area contributed by atoms with E-state index in [1.807, 2.05) is 19.1 Å². The van der Waals surface area contributed by atoms with E-state index in [0.717, 1.165) is 12.8 Å². The van der Waals surface area contributed by atoms with E-state index in [4.69, 9.17) is 4.74 Å². The first-order valence-electron chi connectivity index (χ1n) is 8.51. The minimum absolute atomic E-state index is 0.176. The Labute approximate surface area is 141 Å². The summed E-state index contributed by atoms with van der Waals surface area (Å²) >= 11 is 0. The van der Waals surface area contributed by atoms with Crippen molar-refractivity contribution in [3.8, 4) is 5.75 Å². The predicted octanol–water partition coefficient (Wildman–Crippen LogP) is 4.50. The van der Waals surface area contributed by atoms with Crippen LogP contribution in [0.4, 0.5) is 10.1 Å².